The minimum Gasteiger partial charge on any atom is -0.493 e. The summed E-state index contributed by atoms with van der Waals surface area (Å²) in [4.78, 5) is 20.1. The van der Waals surface area contributed by atoms with Crippen LogP contribution in [0.5, 0.6) is 5.75 Å². The number of hydrazone groups is 1. The van der Waals surface area contributed by atoms with Crippen molar-refractivity contribution in [3.8, 4) is 16.3 Å². The number of carbonyl (C=O) groups excluding carboxylic acids is 1. The van der Waals surface area contributed by atoms with E-state index in [2.05, 4.69) is 37.4 Å². The van der Waals surface area contributed by atoms with Gasteiger partial charge in [0.05, 0.1) is 34.0 Å². The van der Waals surface area contributed by atoms with Crippen LogP contribution >= 0.6 is 11.3 Å². The lowest BCUT2D eigenvalue weighted by molar-refractivity contribution is 0.0956. The van der Waals surface area contributed by atoms with Gasteiger partial charge in [-0.2, -0.15) is 5.10 Å². The molecule has 2 aromatic heterocycles. The minimum absolute atomic E-state index is 0.264. The Bertz CT molecular complexity index is 1310. The molecule has 0 unspecified atom stereocenters. The minimum atomic E-state index is -0.264. The highest BCUT2D eigenvalue weighted by molar-refractivity contribution is 7.15. The molecule has 0 fully saturated rings. The van der Waals surface area contributed by atoms with E-state index in [1.54, 1.807) is 11.3 Å². The van der Waals surface area contributed by atoms with E-state index >= 15 is 0 Å². The van der Waals surface area contributed by atoms with Gasteiger partial charge in [-0.05, 0) is 73.9 Å². The average Bonchev–Trinajstić information content (AvgIpc) is 3.26. The van der Waals surface area contributed by atoms with Crippen molar-refractivity contribution in [2.45, 2.75) is 27.7 Å². The third-order valence-electron chi connectivity index (χ3n) is 5.13. The summed E-state index contributed by atoms with van der Waals surface area (Å²) in [5, 5.41) is 5.14. The number of aryl methyl sites for hydroxylation is 1. The highest BCUT2D eigenvalue weighted by Crippen LogP contribution is 2.29. The number of pyridine rings is 1. The van der Waals surface area contributed by atoms with Gasteiger partial charge in [-0.25, -0.2) is 10.4 Å². The van der Waals surface area contributed by atoms with Gasteiger partial charge < -0.3 is 4.74 Å². The van der Waals surface area contributed by atoms with Crippen LogP contribution in [-0.4, -0.2) is 23.2 Å². The molecule has 0 aliphatic rings. The van der Waals surface area contributed by atoms with Crippen molar-refractivity contribution in [3.05, 3.63) is 82.7 Å². The summed E-state index contributed by atoms with van der Waals surface area (Å²) in [6.07, 6.45) is 0. The molecule has 0 spiro atoms. The van der Waals surface area contributed by atoms with Gasteiger partial charge in [-0.15, -0.1) is 11.3 Å². The van der Waals surface area contributed by atoms with Crippen LogP contribution in [0.3, 0.4) is 0 Å². The molecule has 1 N–H and O–H groups in total. The second-order valence-electron chi connectivity index (χ2n) is 8.35. The number of nitrogens with one attached hydrogen (secondary N) is 1. The first-order valence-corrected chi connectivity index (χ1v) is 11.8. The Morgan fingerprint density at radius 1 is 1.09 bits per heavy atom. The monoisotopic (exact) mass is 457 g/mol. The molecule has 33 heavy (non-hydrogen) atoms. The molecule has 1 amide bonds. The SMILES string of the molecule is C/C(=N\NC(=O)c1cc(-c2ccc(C)s2)nc2ccccc12)c1ccc(OCC(C)C)cc1. The molecule has 0 saturated carbocycles. The van der Waals surface area contributed by atoms with E-state index in [0.717, 1.165) is 32.8 Å². The third-order valence-corrected chi connectivity index (χ3v) is 6.16. The van der Waals surface area contributed by atoms with Crippen LogP contribution in [0.15, 0.2) is 71.8 Å². The number of carbonyl (C=O) groups is 1. The first-order chi connectivity index (χ1) is 15.9. The molecular formula is C27H27N3O2S. The Morgan fingerprint density at radius 2 is 1.85 bits per heavy atom. The maximum Gasteiger partial charge on any atom is 0.272 e. The second-order valence-corrected chi connectivity index (χ2v) is 9.64. The summed E-state index contributed by atoms with van der Waals surface area (Å²) in [6, 6.07) is 21.3. The summed E-state index contributed by atoms with van der Waals surface area (Å²) in [6.45, 7) is 8.84. The van der Waals surface area contributed by atoms with Crippen LogP contribution in [0.25, 0.3) is 21.5 Å². The van der Waals surface area contributed by atoms with Gasteiger partial charge in [0.25, 0.3) is 5.91 Å². The van der Waals surface area contributed by atoms with E-state index in [4.69, 9.17) is 9.72 Å². The average molecular weight is 458 g/mol. The van der Waals surface area contributed by atoms with Gasteiger partial charge >= 0.3 is 0 Å². The number of amides is 1. The van der Waals surface area contributed by atoms with Gasteiger partial charge in [0.2, 0.25) is 0 Å². The summed E-state index contributed by atoms with van der Waals surface area (Å²) < 4.78 is 5.73. The van der Waals surface area contributed by atoms with Crippen molar-refractivity contribution in [1.82, 2.24) is 10.4 Å². The van der Waals surface area contributed by atoms with Crippen molar-refractivity contribution in [3.63, 3.8) is 0 Å². The Balaban J connectivity index is 1.56. The molecule has 0 atom stereocenters. The first-order valence-electron chi connectivity index (χ1n) is 10.9. The summed E-state index contributed by atoms with van der Waals surface area (Å²) in [7, 11) is 0. The fourth-order valence-corrected chi connectivity index (χ4v) is 4.20. The number of rotatable bonds is 7. The van der Waals surface area contributed by atoms with E-state index in [9.17, 15) is 4.79 Å². The maximum absolute atomic E-state index is 13.1. The lowest BCUT2D eigenvalue weighted by Crippen LogP contribution is -2.20. The number of aromatic nitrogens is 1. The third kappa shape index (κ3) is 5.46. The van der Waals surface area contributed by atoms with Crippen molar-refractivity contribution >= 4 is 33.9 Å². The topological polar surface area (TPSA) is 63.6 Å². The van der Waals surface area contributed by atoms with Crippen molar-refractivity contribution in [2.75, 3.05) is 6.61 Å². The zero-order chi connectivity index (χ0) is 23.4. The van der Waals surface area contributed by atoms with Gasteiger partial charge in [0.1, 0.15) is 5.75 Å². The Hall–Kier alpha value is -3.51. The molecule has 0 radical (unpaired) electrons. The molecule has 4 aromatic rings. The highest BCUT2D eigenvalue weighted by Gasteiger charge is 2.14. The second kappa shape index (κ2) is 9.96. The predicted molar refractivity (Wildman–Crippen MR) is 136 cm³/mol. The van der Waals surface area contributed by atoms with Crippen LogP contribution in [0.2, 0.25) is 0 Å². The summed E-state index contributed by atoms with van der Waals surface area (Å²) in [5.74, 6) is 1.03. The summed E-state index contributed by atoms with van der Waals surface area (Å²) in [5.41, 5.74) is 6.47. The van der Waals surface area contributed by atoms with Crippen LogP contribution in [0.4, 0.5) is 0 Å². The van der Waals surface area contributed by atoms with E-state index in [1.165, 1.54) is 4.88 Å². The molecule has 5 nitrogen and oxygen atoms in total. The highest BCUT2D eigenvalue weighted by atomic mass is 32.1. The van der Waals surface area contributed by atoms with Crippen molar-refractivity contribution in [2.24, 2.45) is 11.0 Å². The number of para-hydroxylation sites is 1. The van der Waals surface area contributed by atoms with Gasteiger partial charge in [0.15, 0.2) is 0 Å². The number of hydrogen-bond donors (Lipinski definition) is 1. The molecule has 6 heteroatoms. The number of hydrogen-bond acceptors (Lipinski definition) is 5. The normalized spacial score (nSPS) is 11.7. The van der Waals surface area contributed by atoms with E-state index < -0.39 is 0 Å². The van der Waals surface area contributed by atoms with Crippen LogP contribution in [0, 0.1) is 12.8 Å². The Labute approximate surface area is 198 Å². The molecule has 2 heterocycles. The quantitative estimate of drug-likeness (QED) is 0.256. The van der Waals surface area contributed by atoms with Gasteiger partial charge in [-0.3, -0.25) is 4.79 Å². The van der Waals surface area contributed by atoms with Gasteiger partial charge in [-0.1, -0.05) is 32.0 Å². The standard InChI is InChI=1S/C27H27N3O2S/c1-17(2)16-32-21-12-10-20(11-13-21)19(4)29-30-27(31)23-15-25(26-14-9-18(3)33-26)28-24-8-6-5-7-22(23)24/h5-15,17H,16H2,1-4H3,(H,30,31)/b29-19+. The molecule has 0 bridgehead atoms. The molecule has 4 rings (SSSR count). The molecule has 2 aromatic carbocycles. The largest absolute Gasteiger partial charge is 0.493 e. The number of nitrogens with zero attached hydrogens (tertiary/aromatic N) is 2. The maximum atomic E-state index is 13.1. The molecule has 0 aliphatic carbocycles. The van der Waals surface area contributed by atoms with E-state index in [0.29, 0.717) is 23.8 Å². The van der Waals surface area contributed by atoms with Crippen LogP contribution in [0.1, 0.15) is 41.6 Å². The molecular weight excluding hydrogens is 430 g/mol. The lowest BCUT2D eigenvalue weighted by atomic mass is 10.1. The molecule has 168 valence electrons. The Kier molecular flexibility index (Phi) is 6.84. The smallest absolute Gasteiger partial charge is 0.272 e. The predicted octanol–water partition coefficient (Wildman–Crippen LogP) is 6.46. The number of fused-ring (bicyclic) bond motifs is 1. The van der Waals surface area contributed by atoms with Crippen molar-refractivity contribution < 1.29 is 9.53 Å². The molecule has 0 saturated heterocycles. The van der Waals surface area contributed by atoms with Crippen LogP contribution in [-0.2, 0) is 0 Å². The van der Waals surface area contributed by atoms with E-state index in [-0.39, 0.29) is 5.91 Å². The van der Waals surface area contributed by atoms with Gasteiger partial charge in [0, 0.05) is 10.3 Å². The number of ether oxygens (including phenoxy) is 1. The lowest BCUT2D eigenvalue weighted by Gasteiger charge is -2.10. The number of thiophene rings is 1. The fraction of sp³-hybridized carbons (Fsp3) is 0.222. The first kappa shape index (κ1) is 22.7. The zero-order valence-electron chi connectivity index (χ0n) is 19.3. The van der Waals surface area contributed by atoms with Crippen LogP contribution < -0.4 is 10.2 Å². The zero-order valence-corrected chi connectivity index (χ0v) is 20.1. The van der Waals surface area contributed by atoms with Crippen molar-refractivity contribution in [1.29, 1.82) is 0 Å². The molecule has 0 aliphatic heterocycles. The number of benzene rings is 2. The Morgan fingerprint density at radius 3 is 2.55 bits per heavy atom. The van der Waals surface area contributed by atoms with E-state index in [1.807, 2.05) is 67.6 Å². The fourth-order valence-electron chi connectivity index (χ4n) is 3.38. The summed E-state index contributed by atoms with van der Waals surface area (Å²) >= 11 is 1.66.